The van der Waals surface area contributed by atoms with Crippen LogP contribution in [0.5, 0.6) is 0 Å². The number of aromatic nitrogens is 1. The molecule has 20 heavy (non-hydrogen) atoms. The Balaban J connectivity index is 1.74. The lowest BCUT2D eigenvalue weighted by atomic mass is 9.75. The number of hydrogen-bond acceptors (Lipinski definition) is 3. The lowest BCUT2D eigenvalue weighted by Gasteiger charge is -2.41. The highest BCUT2D eigenvalue weighted by molar-refractivity contribution is 6.31. The van der Waals surface area contributed by atoms with Crippen molar-refractivity contribution >= 4 is 17.4 Å². The molecule has 2 heterocycles. The van der Waals surface area contributed by atoms with Crippen molar-refractivity contribution in [2.45, 2.75) is 38.6 Å². The molecule has 0 amide bonds. The number of nitrogens with one attached hydrogen (secondary N) is 1. The lowest BCUT2D eigenvalue weighted by Crippen LogP contribution is -2.42. The van der Waals surface area contributed by atoms with Crippen molar-refractivity contribution in [3.63, 3.8) is 0 Å². The Kier molecular flexibility index (Phi) is 4.47. The van der Waals surface area contributed by atoms with Gasteiger partial charge in [-0.25, -0.2) is 4.98 Å². The first kappa shape index (κ1) is 14.2. The van der Waals surface area contributed by atoms with E-state index >= 15 is 0 Å². The standard InChI is InChI=1S/C16H24ClN3/c1-18-9-14-8-16(19-10-15(14)17)20-7-6-12-4-2-3-5-13(12)11-20/h8,10,12-13,18H,2-7,9,11H2,1H3. The molecular formula is C16H24ClN3. The van der Waals surface area contributed by atoms with E-state index in [4.69, 9.17) is 11.6 Å². The van der Waals surface area contributed by atoms with Crippen LogP contribution in [-0.4, -0.2) is 25.1 Å². The Hall–Kier alpha value is -0.800. The zero-order valence-corrected chi connectivity index (χ0v) is 13.0. The third-order valence-electron chi connectivity index (χ3n) is 4.90. The van der Waals surface area contributed by atoms with E-state index in [0.29, 0.717) is 0 Å². The number of piperidine rings is 1. The van der Waals surface area contributed by atoms with Gasteiger partial charge in [-0.3, -0.25) is 0 Å². The van der Waals surface area contributed by atoms with Crippen LogP contribution < -0.4 is 10.2 Å². The molecule has 2 aliphatic rings. The third-order valence-corrected chi connectivity index (χ3v) is 5.24. The highest BCUT2D eigenvalue weighted by Gasteiger charge is 2.31. The maximum atomic E-state index is 6.20. The van der Waals surface area contributed by atoms with Crippen molar-refractivity contribution in [3.8, 4) is 0 Å². The molecule has 2 fully saturated rings. The van der Waals surface area contributed by atoms with Gasteiger partial charge >= 0.3 is 0 Å². The van der Waals surface area contributed by atoms with Gasteiger partial charge in [0.05, 0.1) is 5.02 Å². The maximum absolute atomic E-state index is 6.20. The van der Waals surface area contributed by atoms with Crippen LogP contribution in [0, 0.1) is 11.8 Å². The summed E-state index contributed by atoms with van der Waals surface area (Å²) in [5, 5.41) is 3.93. The van der Waals surface area contributed by atoms with E-state index in [1.54, 1.807) is 6.20 Å². The first-order valence-corrected chi connectivity index (χ1v) is 8.19. The molecular weight excluding hydrogens is 270 g/mol. The van der Waals surface area contributed by atoms with Crippen LogP contribution in [0.3, 0.4) is 0 Å². The van der Waals surface area contributed by atoms with Crippen LogP contribution in [0.25, 0.3) is 0 Å². The molecule has 1 aromatic rings. The first-order valence-electron chi connectivity index (χ1n) is 7.82. The Morgan fingerprint density at radius 3 is 2.90 bits per heavy atom. The van der Waals surface area contributed by atoms with E-state index in [1.807, 2.05) is 7.05 Å². The molecule has 0 bridgehead atoms. The van der Waals surface area contributed by atoms with Crippen LogP contribution in [0.15, 0.2) is 12.3 Å². The van der Waals surface area contributed by atoms with Gasteiger partial charge in [0.15, 0.2) is 0 Å². The smallest absolute Gasteiger partial charge is 0.128 e. The molecule has 1 aromatic heterocycles. The average Bonchev–Trinajstić information content (AvgIpc) is 2.49. The van der Waals surface area contributed by atoms with Crippen LogP contribution in [0.4, 0.5) is 5.82 Å². The molecule has 0 radical (unpaired) electrons. The Morgan fingerprint density at radius 1 is 1.30 bits per heavy atom. The summed E-state index contributed by atoms with van der Waals surface area (Å²) < 4.78 is 0. The summed E-state index contributed by atoms with van der Waals surface area (Å²) in [5.41, 5.74) is 1.14. The van der Waals surface area contributed by atoms with E-state index < -0.39 is 0 Å². The van der Waals surface area contributed by atoms with Crippen LogP contribution in [0.1, 0.15) is 37.7 Å². The average molecular weight is 294 g/mol. The summed E-state index contributed by atoms with van der Waals surface area (Å²) in [6, 6.07) is 2.15. The molecule has 2 unspecified atom stereocenters. The summed E-state index contributed by atoms with van der Waals surface area (Å²) in [7, 11) is 1.95. The molecule has 0 aromatic carbocycles. The fourth-order valence-corrected chi connectivity index (χ4v) is 3.95. The lowest BCUT2D eigenvalue weighted by molar-refractivity contribution is 0.202. The maximum Gasteiger partial charge on any atom is 0.128 e. The highest BCUT2D eigenvalue weighted by atomic mass is 35.5. The predicted molar refractivity (Wildman–Crippen MR) is 84.3 cm³/mol. The van der Waals surface area contributed by atoms with Gasteiger partial charge in [0.25, 0.3) is 0 Å². The number of halogens is 1. The van der Waals surface area contributed by atoms with Gasteiger partial charge < -0.3 is 10.2 Å². The zero-order chi connectivity index (χ0) is 13.9. The molecule has 110 valence electrons. The minimum absolute atomic E-state index is 0.760. The molecule has 4 heteroatoms. The molecule has 3 nitrogen and oxygen atoms in total. The van der Waals surface area contributed by atoms with E-state index in [-0.39, 0.29) is 0 Å². The number of pyridine rings is 1. The topological polar surface area (TPSA) is 28.2 Å². The van der Waals surface area contributed by atoms with E-state index in [1.165, 1.54) is 38.6 Å². The van der Waals surface area contributed by atoms with Crippen LogP contribution >= 0.6 is 11.6 Å². The van der Waals surface area contributed by atoms with Crippen LogP contribution in [0.2, 0.25) is 5.02 Å². The molecule has 3 rings (SSSR count). The normalized spacial score (nSPS) is 26.4. The van der Waals surface area contributed by atoms with Crippen molar-refractivity contribution in [2.75, 3.05) is 25.0 Å². The number of rotatable bonds is 3. The number of nitrogens with zero attached hydrogens (tertiary/aromatic N) is 2. The summed E-state index contributed by atoms with van der Waals surface area (Å²) >= 11 is 6.20. The second-order valence-electron chi connectivity index (χ2n) is 6.20. The highest BCUT2D eigenvalue weighted by Crippen LogP contribution is 2.37. The van der Waals surface area contributed by atoms with Crippen molar-refractivity contribution < 1.29 is 0 Å². The second-order valence-corrected chi connectivity index (χ2v) is 6.61. The summed E-state index contributed by atoms with van der Waals surface area (Å²) in [6.07, 6.45) is 8.82. The molecule has 1 aliphatic heterocycles. The Bertz CT molecular complexity index is 463. The van der Waals surface area contributed by atoms with E-state index in [2.05, 4.69) is 21.3 Å². The van der Waals surface area contributed by atoms with Crippen molar-refractivity contribution in [2.24, 2.45) is 11.8 Å². The van der Waals surface area contributed by atoms with Gasteiger partial charge in [0, 0.05) is 25.8 Å². The molecule has 1 aliphatic carbocycles. The Morgan fingerprint density at radius 2 is 2.10 bits per heavy atom. The number of anilines is 1. The molecule has 1 N–H and O–H groups in total. The van der Waals surface area contributed by atoms with Crippen molar-refractivity contribution in [3.05, 3.63) is 22.8 Å². The van der Waals surface area contributed by atoms with Gasteiger partial charge in [0.1, 0.15) is 5.82 Å². The van der Waals surface area contributed by atoms with E-state index in [9.17, 15) is 0 Å². The quantitative estimate of drug-likeness (QED) is 0.925. The van der Waals surface area contributed by atoms with Gasteiger partial charge in [-0.15, -0.1) is 0 Å². The van der Waals surface area contributed by atoms with Gasteiger partial charge in [0.2, 0.25) is 0 Å². The van der Waals surface area contributed by atoms with Crippen molar-refractivity contribution in [1.82, 2.24) is 10.3 Å². The fourth-order valence-electron chi connectivity index (χ4n) is 3.78. The van der Waals surface area contributed by atoms with Gasteiger partial charge in [-0.1, -0.05) is 30.9 Å². The zero-order valence-electron chi connectivity index (χ0n) is 12.2. The number of hydrogen-bond donors (Lipinski definition) is 1. The largest absolute Gasteiger partial charge is 0.356 e. The molecule has 2 atom stereocenters. The SMILES string of the molecule is CNCc1cc(N2CCC3CCCCC3C2)ncc1Cl. The molecule has 1 saturated carbocycles. The molecule has 0 spiro atoms. The monoisotopic (exact) mass is 293 g/mol. The minimum Gasteiger partial charge on any atom is -0.356 e. The van der Waals surface area contributed by atoms with E-state index in [0.717, 1.165) is 41.3 Å². The van der Waals surface area contributed by atoms with Gasteiger partial charge in [-0.2, -0.15) is 0 Å². The van der Waals surface area contributed by atoms with Crippen molar-refractivity contribution in [1.29, 1.82) is 0 Å². The second kappa shape index (κ2) is 6.31. The summed E-state index contributed by atoms with van der Waals surface area (Å²) in [4.78, 5) is 7.01. The fraction of sp³-hybridized carbons (Fsp3) is 0.688. The predicted octanol–water partition coefficient (Wildman–Crippen LogP) is 3.47. The first-order chi connectivity index (χ1) is 9.78. The summed E-state index contributed by atoms with van der Waals surface area (Å²) in [6.45, 7) is 3.13. The van der Waals surface area contributed by atoms with Crippen LogP contribution in [-0.2, 0) is 6.54 Å². The summed E-state index contributed by atoms with van der Waals surface area (Å²) in [5.74, 6) is 2.94. The third kappa shape index (κ3) is 2.94. The van der Waals surface area contributed by atoms with Gasteiger partial charge in [-0.05, 0) is 43.4 Å². The molecule has 1 saturated heterocycles. The number of fused-ring (bicyclic) bond motifs is 1. The Labute approximate surface area is 126 Å². The minimum atomic E-state index is 0.760.